The summed E-state index contributed by atoms with van der Waals surface area (Å²) < 4.78 is 17.6. The van der Waals surface area contributed by atoms with Crippen molar-refractivity contribution in [2.75, 3.05) is 32.0 Å². The van der Waals surface area contributed by atoms with Gasteiger partial charge in [0.05, 0.1) is 60.3 Å². The first-order valence-electron chi connectivity index (χ1n) is 11.7. The highest BCUT2D eigenvalue weighted by atomic mass is 35.5. The van der Waals surface area contributed by atoms with E-state index in [1.807, 2.05) is 47.9 Å². The van der Waals surface area contributed by atoms with Gasteiger partial charge in [-0.25, -0.2) is 9.78 Å². The SMILES string of the molecule is COC(=O)c1ccc(C2C(C(=O)Nc3cc(OC)c(Cl)cc3OC)=C(C)Nc3nc4ccccc4n32)cc1. The lowest BCUT2D eigenvalue weighted by Crippen LogP contribution is -2.31. The minimum absolute atomic E-state index is 0.357. The molecular formula is C28H25ClN4O5. The average Bonchev–Trinajstić information content (AvgIpc) is 3.30. The second-order valence-electron chi connectivity index (χ2n) is 8.62. The number of hydrogen-bond acceptors (Lipinski definition) is 7. The molecule has 194 valence electrons. The van der Waals surface area contributed by atoms with Gasteiger partial charge in [-0.2, -0.15) is 0 Å². The lowest BCUT2D eigenvalue weighted by Gasteiger charge is -2.31. The highest BCUT2D eigenvalue weighted by Gasteiger charge is 2.34. The summed E-state index contributed by atoms with van der Waals surface area (Å²) in [4.78, 5) is 30.7. The molecule has 1 atom stereocenters. The third kappa shape index (κ3) is 4.31. The standard InChI is InChI=1S/C28H25ClN4O5/c1-15-24(26(34)31-20-14-22(36-2)18(29)13-23(20)37-3)25(16-9-11-17(12-10-16)27(35)38-4)33-21-8-6-5-7-19(21)32-28(33)30-15/h5-14,25H,1-4H3,(H,30,32)(H,31,34). The molecule has 38 heavy (non-hydrogen) atoms. The van der Waals surface area contributed by atoms with Crippen LogP contribution in [0.5, 0.6) is 11.5 Å². The van der Waals surface area contributed by atoms with Crippen molar-refractivity contribution < 1.29 is 23.8 Å². The van der Waals surface area contributed by atoms with Crippen LogP contribution >= 0.6 is 11.6 Å². The quantitative estimate of drug-likeness (QED) is 0.319. The summed E-state index contributed by atoms with van der Waals surface area (Å²) in [5.41, 5.74) is 4.32. The molecule has 0 radical (unpaired) electrons. The fraction of sp³-hybridized carbons (Fsp3) is 0.179. The van der Waals surface area contributed by atoms with E-state index in [2.05, 4.69) is 10.6 Å². The first-order valence-corrected chi connectivity index (χ1v) is 12.1. The van der Waals surface area contributed by atoms with Crippen LogP contribution < -0.4 is 20.1 Å². The van der Waals surface area contributed by atoms with Crippen LogP contribution in [0, 0.1) is 0 Å². The van der Waals surface area contributed by atoms with E-state index in [1.54, 1.807) is 24.3 Å². The van der Waals surface area contributed by atoms with Crippen LogP contribution in [-0.2, 0) is 9.53 Å². The minimum atomic E-state index is -0.550. The van der Waals surface area contributed by atoms with Crippen molar-refractivity contribution in [1.82, 2.24) is 9.55 Å². The van der Waals surface area contributed by atoms with Gasteiger partial charge in [-0.3, -0.25) is 9.36 Å². The number of fused-ring (bicyclic) bond motifs is 3. The third-order valence-corrected chi connectivity index (χ3v) is 6.74. The zero-order valence-corrected chi connectivity index (χ0v) is 21.9. The smallest absolute Gasteiger partial charge is 0.337 e. The molecule has 1 aromatic heterocycles. The summed E-state index contributed by atoms with van der Waals surface area (Å²) in [6.07, 6.45) is 0. The average molecular weight is 533 g/mol. The summed E-state index contributed by atoms with van der Waals surface area (Å²) in [6, 6.07) is 17.3. The van der Waals surface area contributed by atoms with Crippen LogP contribution in [0.3, 0.4) is 0 Å². The topological polar surface area (TPSA) is 104 Å². The Morgan fingerprint density at radius 1 is 1.00 bits per heavy atom. The maximum atomic E-state index is 14.0. The number of carbonyl (C=O) groups is 2. The van der Waals surface area contributed by atoms with E-state index in [0.29, 0.717) is 45.0 Å². The third-order valence-electron chi connectivity index (χ3n) is 6.45. The summed E-state index contributed by atoms with van der Waals surface area (Å²) in [5, 5.41) is 6.61. The van der Waals surface area contributed by atoms with Gasteiger partial charge in [0.1, 0.15) is 11.5 Å². The summed E-state index contributed by atoms with van der Waals surface area (Å²) >= 11 is 6.26. The number of esters is 1. The predicted octanol–water partition coefficient (Wildman–Crippen LogP) is 5.42. The van der Waals surface area contributed by atoms with Crippen LogP contribution in [0.1, 0.15) is 28.9 Å². The number of aromatic nitrogens is 2. The molecule has 0 saturated heterocycles. The molecule has 0 fully saturated rings. The van der Waals surface area contributed by atoms with Gasteiger partial charge in [0.25, 0.3) is 5.91 Å². The number of halogens is 1. The Labute approximate surface area is 224 Å². The number of rotatable bonds is 6. The van der Waals surface area contributed by atoms with Crippen molar-refractivity contribution in [1.29, 1.82) is 0 Å². The van der Waals surface area contributed by atoms with Crippen LogP contribution in [0.25, 0.3) is 11.0 Å². The molecule has 4 aromatic rings. The van der Waals surface area contributed by atoms with Gasteiger partial charge < -0.3 is 24.8 Å². The Hall–Kier alpha value is -4.50. The van der Waals surface area contributed by atoms with Crippen LogP contribution in [0.4, 0.5) is 11.6 Å². The molecule has 1 aliphatic rings. The monoisotopic (exact) mass is 532 g/mol. The van der Waals surface area contributed by atoms with Crippen molar-refractivity contribution in [3.63, 3.8) is 0 Å². The Morgan fingerprint density at radius 2 is 1.71 bits per heavy atom. The Bertz CT molecular complexity index is 1590. The highest BCUT2D eigenvalue weighted by Crippen LogP contribution is 2.41. The maximum Gasteiger partial charge on any atom is 0.337 e. The molecule has 10 heteroatoms. The van der Waals surface area contributed by atoms with Crippen molar-refractivity contribution in [3.05, 3.63) is 88.1 Å². The fourth-order valence-electron chi connectivity index (χ4n) is 4.64. The van der Waals surface area contributed by atoms with Crippen molar-refractivity contribution in [2.24, 2.45) is 0 Å². The normalized spacial score (nSPS) is 14.5. The van der Waals surface area contributed by atoms with Gasteiger partial charge in [0.15, 0.2) is 0 Å². The van der Waals surface area contributed by atoms with Crippen molar-refractivity contribution in [3.8, 4) is 11.5 Å². The summed E-state index contributed by atoms with van der Waals surface area (Å²) in [5.74, 6) is 0.590. The lowest BCUT2D eigenvalue weighted by atomic mass is 9.93. The Balaban J connectivity index is 1.63. The Morgan fingerprint density at radius 3 is 2.39 bits per heavy atom. The summed E-state index contributed by atoms with van der Waals surface area (Å²) in [6.45, 7) is 1.83. The van der Waals surface area contributed by atoms with E-state index in [-0.39, 0.29) is 5.91 Å². The second-order valence-corrected chi connectivity index (χ2v) is 9.02. The van der Waals surface area contributed by atoms with E-state index < -0.39 is 12.0 Å². The number of allylic oxidation sites excluding steroid dienone is 1. The van der Waals surface area contributed by atoms with Gasteiger partial charge in [0.2, 0.25) is 5.95 Å². The number of nitrogens with zero attached hydrogens (tertiary/aromatic N) is 2. The molecule has 3 aromatic carbocycles. The molecule has 2 N–H and O–H groups in total. The number of nitrogens with one attached hydrogen (secondary N) is 2. The zero-order valence-electron chi connectivity index (χ0n) is 21.2. The number of carbonyl (C=O) groups excluding carboxylic acids is 2. The van der Waals surface area contributed by atoms with Crippen LogP contribution in [-0.4, -0.2) is 42.8 Å². The van der Waals surface area contributed by atoms with Gasteiger partial charge in [-0.05, 0) is 36.8 Å². The maximum absolute atomic E-state index is 14.0. The molecule has 1 amide bonds. The van der Waals surface area contributed by atoms with Gasteiger partial charge in [-0.1, -0.05) is 35.9 Å². The van der Waals surface area contributed by atoms with E-state index in [9.17, 15) is 9.59 Å². The molecule has 0 aliphatic carbocycles. The van der Waals surface area contributed by atoms with Gasteiger partial charge in [-0.15, -0.1) is 0 Å². The largest absolute Gasteiger partial charge is 0.495 e. The molecule has 0 saturated carbocycles. The number of benzene rings is 3. The van der Waals surface area contributed by atoms with Crippen LogP contribution in [0.15, 0.2) is 71.9 Å². The van der Waals surface area contributed by atoms with Crippen molar-refractivity contribution in [2.45, 2.75) is 13.0 Å². The van der Waals surface area contributed by atoms with Crippen LogP contribution in [0.2, 0.25) is 5.02 Å². The number of hydrogen-bond donors (Lipinski definition) is 2. The number of amides is 1. The molecule has 0 spiro atoms. The number of anilines is 2. The molecule has 1 unspecified atom stereocenters. The number of imidazole rings is 1. The highest BCUT2D eigenvalue weighted by molar-refractivity contribution is 6.32. The van der Waals surface area contributed by atoms with E-state index >= 15 is 0 Å². The Kier molecular flexibility index (Phi) is 6.69. The molecule has 1 aliphatic heterocycles. The molecule has 9 nitrogen and oxygen atoms in total. The second kappa shape index (κ2) is 10.1. The molecule has 5 rings (SSSR count). The predicted molar refractivity (Wildman–Crippen MR) is 145 cm³/mol. The van der Waals surface area contributed by atoms with Gasteiger partial charge >= 0.3 is 5.97 Å². The summed E-state index contributed by atoms with van der Waals surface area (Å²) in [7, 11) is 4.33. The van der Waals surface area contributed by atoms with Crippen molar-refractivity contribution >= 4 is 46.1 Å². The van der Waals surface area contributed by atoms with Gasteiger partial charge in [0, 0.05) is 17.8 Å². The van der Waals surface area contributed by atoms with E-state index in [0.717, 1.165) is 16.6 Å². The fourth-order valence-corrected chi connectivity index (χ4v) is 4.87. The number of ether oxygens (including phenoxy) is 3. The lowest BCUT2D eigenvalue weighted by molar-refractivity contribution is -0.113. The first-order chi connectivity index (χ1) is 18.4. The molecule has 2 heterocycles. The number of methoxy groups -OCH3 is 3. The first kappa shape index (κ1) is 25.2. The van der Waals surface area contributed by atoms with E-state index in [1.165, 1.54) is 21.3 Å². The molecular weight excluding hydrogens is 508 g/mol. The molecule has 0 bridgehead atoms. The van der Waals surface area contributed by atoms with E-state index in [4.69, 9.17) is 30.8 Å². The zero-order chi connectivity index (χ0) is 27.0. The minimum Gasteiger partial charge on any atom is -0.495 e. The number of para-hydroxylation sites is 2.